The molecule has 0 N–H and O–H groups in total. The molecular weight excluding hydrogens is 408 g/mol. The summed E-state index contributed by atoms with van der Waals surface area (Å²) in [5.41, 5.74) is 0.860. The fraction of sp³-hybridized carbons (Fsp3) is 0.429. The van der Waals surface area contributed by atoms with Crippen molar-refractivity contribution in [2.45, 2.75) is 19.8 Å². The lowest BCUT2D eigenvalue weighted by Gasteiger charge is -2.32. The number of benzene rings is 1. The molecule has 1 saturated heterocycles. The maximum atomic E-state index is 13.2. The maximum absolute atomic E-state index is 13.2. The molecule has 8 nitrogen and oxygen atoms in total. The number of aryl methyl sites for hydroxylation is 1. The van der Waals surface area contributed by atoms with E-state index in [0.717, 1.165) is 6.42 Å². The summed E-state index contributed by atoms with van der Waals surface area (Å²) in [5.74, 6) is 0.739. The van der Waals surface area contributed by atoms with Crippen molar-refractivity contribution in [3.05, 3.63) is 51.9 Å². The molecule has 0 radical (unpaired) electrons. The Hall–Kier alpha value is -2.81. The molecule has 2 aliphatic heterocycles. The SMILES string of the molecule is Cc1ccn(-c2ccc3c(c2)OCO3)c(=O)c1C(=O)N1CCCC(CS(C)(=O)=O)C1. The van der Waals surface area contributed by atoms with Crippen LogP contribution in [-0.2, 0) is 9.84 Å². The Morgan fingerprint density at radius 2 is 1.97 bits per heavy atom. The van der Waals surface area contributed by atoms with Crippen LogP contribution >= 0.6 is 0 Å². The molecule has 2 aliphatic rings. The number of amides is 1. The largest absolute Gasteiger partial charge is 0.454 e. The lowest BCUT2D eigenvalue weighted by Crippen LogP contribution is -2.44. The lowest BCUT2D eigenvalue weighted by molar-refractivity contribution is 0.0681. The van der Waals surface area contributed by atoms with E-state index in [4.69, 9.17) is 9.47 Å². The minimum Gasteiger partial charge on any atom is -0.454 e. The number of sulfone groups is 1. The fourth-order valence-corrected chi connectivity index (χ4v) is 5.23. The second-order valence-electron chi connectivity index (χ2n) is 7.94. The number of nitrogens with zero attached hydrogens (tertiary/aromatic N) is 2. The highest BCUT2D eigenvalue weighted by Crippen LogP contribution is 2.33. The van der Waals surface area contributed by atoms with Crippen LogP contribution in [0.3, 0.4) is 0 Å². The third-order valence-electron chi connectivity index (χ3n) is 5.49. The Morgan fingerprint density at radius 1 is 1.20 bits per heavy atom. The Labute approximate surface area is 174 Å². The van der Waals surface area contributed by atoms with Crippen molar-refractivity contribution in [3.63, 3.8) is 0 Å². The summed E-state index contributed by atoms with van der Waals surface area (Å²) in [5, 5.41) is 0. The molecule has 0 aliphatic carbocycles. The number of carbonyl (C=O) groups excluding carboxylic acids is 1. The average Bonchev–Trinajstić information content (AvgIpc) is 3.14. The predicted molar refractivity (Wildman–Crippen MR) is 111 cm³/mol. The monoisotopic (exact) mass is 432 g/mol. The van der Waals surface area contributed by atoms with E-state index in [2.05, 4.69) is 0 Å². The van der Waals surface area contributed by atoms with Gasteiger partial charge in [0.2, 0.25) is 6.79 Å². The minimum atomic E-state index is -3.13. The normalized spacial score (nSPS) is 18.5. The topological polar surface area (TPSA) is 94.9 Å². The molecule has 1 unspecified atom stereocenters. The van der Waals surface area contributed by atoms with Gasteiger partial charge in [0.15, 0.2) is 11.5 Å². The second kappa shape index (κ2) is 7.79. The second-order valence-corrected chi connectivity index (χ2v) is 10.1. The molecule has 0 bridgehead atoms. The van der Waals surface area contributed by atoms with E-state index in [-0.39, 0.29) is 29.9 Å². The molecule has 1 atom stereocenters. The van der Waals surface area contributed by atoms with E-state index >= 15 is 0 Å². The van der Waals surface area contributed by atoms with Crippen LogP contribution in [0, 0.1) is 12.8 Å². The first-order chi connectivity index (χ1) is 14.2. The summed E-state index contributed by atoms with van der Waals surface area (Å²) < 4.78 is 35.4. The van der Waals surface area contributed by atoms with Gasteiger partial charge in [-0.3, -0.25) is 14.2 Å². The van der Waals surface area contributed by atoms with E-state index in [1.54, 1.807) is 42.3 Å². The van der Waals surface area contributed by atoms with Gasteiger partial charge in [-0.2, -0.15) is 0 Å². The van der Waals surface area contributed by atoms with E-state index in [1.807, 2.05) is 0 Å². The van der Waals surface area contributed by atoms with Gasteiger partial charge in [-0.05, 0) is 49.4 Å². The van der Waals surface area contributed by atoms with Gasteiger partial charge in [0, 0.05) is 31.6 Å². The van der Waals surface area contributed by atoms with Gasteiger partial charge in [0.1, 0.15) is 15.4 Å². The molecule has 2 aromatic rings. The standard InChI is InChI=1S/C21H24N2O6S/c1-14-7-9-23(16-5-6-17-18(10-16)29-13-28-17)21(25)19(14)20(24)22-8-3-4-15(11-22)12-30(2,26)27/h5-7,9-10,15H,3-4,8,11-13H2,1-2H3. The van der Waals surface area contributed by atoms with Gasteiger partial charge in [-0.25, -0.2) is 8.42 Å². The summed E-state index contributed by atoms with van der Waals surface area (Å²) in [6.07, 6.45) is 4.31. The summed E-state index contributed by atoms with van der Waals surface area (Å²) in [6, 6.07) is 6.90. The highest BCUT2D eigenvalue weighted by molar-refractivity contribution is 7.90. The van der Waals surface area contributed by atoms with E-state index in [9.17, 15) is 18.0 Å². The van der Waals surface area contributed by atoms with Gasteiger partial charge >= 0.3 is 0 Å². The van der Waals surface area contributed by atoms with Crippen LogP contribution in [0.2, 0.25) is 0 Å². The van der Waals surface area contributed by atoms with E-state index in [1.165, 1.54) is 10.8 Å². The van der Waals surface area contributed by atoms with Crippen LogP contribution in [0.25, 0.3) is 5.69 Å². The van der Waals surface area contributed by atoms with Crippen molar-refractivity contribution >= 4 is 15.7 Å². The van der Waals surface area contributed by atoms with Gasteiger partial charge in [-0.1, -0.05) is 0 Å². The summed E-state index contributed by atoms with van der Waals surface area (Å²) >= 11 is 0. The van der Waals surface area contributed by atoms with Crippen LogP contribution in [0.4, 0.5) is 0 Å². The molecule has 1 aromatic heterocycles. The highest BCUT2D eigenvalue weighted by atomic mass is 32.2. The average molecular weight is 432 g/mol. The van der Waals surface area contributed by atoms with Crippen molar-refractivity contribution in [3.8, 4) is 17.2 Å². The van der Waals surface area contributed by atoms with Crippen molar-refractivity contribution in [2.75, 3.05) is 31.9 Å². The van der Waals surface area contributed by atoms with Crippen LogP contribution in [-0.4, -0.2) is 55.7 Å². The Balaban J connectivity index is 1.65. The fourth-order valence-electron chi connectivity index (χ4n) is 4.10. The molecule has 0 spiro atoms. The summed E-state index contributed by atoms with van der Waals surface area (Å²) in [6.45, 7) is 2.71. The number of pyridine rings is 1. The zero-order valence-electron chi connectivity index (χ0n) is 17.0. The number of carbonyl (C=O) groups is 1. The van der Waals surface area contributed by atoms with Gasteiger partial charge in [0.25, 0.3) is 11.5 Å². The molecule has 3 heterocycles. The zero-order chi connectivity index (χ0) is 21.5. The first-order valence-electron chi connectivity index (χ1n) is 9.82. The van der Waals surface area contributed by atoms with Crippen molar-refractivity contribution in [1.82, 2.24) is 9.47 Å². The quantitative estimate of drug-likeness (QED) is 0.731. The van der Waals surface area contributed by atoms with E-state index in [0.29, 0.717) is 42.3 Å². The minimum absolute atomic E-state index is 0.0476. The molecule has 1 amide bonds. The lowest BCUT2D eigenvalue weighted by atomic mass is 9.99. The van der Waals surface area contributed by atoms with Crippen molar-refractivity contribution in [1.29, 1.82) is 0 Å². The van der Waals surface area contributed by atoms with Crippen LogP contribution < -0.4 is 15.0 Å². The highest BCUT2D eigenvalue weighted by Gasteiger charge is 2.29. The van der Waals surface area contributed by atoms with Gasteiger partial charge in [-0.15, -0.1) is 0 Å². The summed E-state index contributed by atoms with van der Waals surface area (Å²) in [7, 11) is -3.13. The van der Waals surface area contributed by atoms with E-state index < -0.39 is 15.4 Å². The smallest absolute Gasteiger partial charge is 0.268 e. The number of hydrogen-bond donors (Lipinski definition) is 0. The molecule has 1 fully saturated rings. The van der Waals surface area contributed by atoms with Crippen LogP contribution in [0.15, 0.2) is 35.3 Å². The first-order valence-corrected chi connectivity index (χ1v) is 11.9. The molecular formula is C21H24N2O6S. The van der Waals surface area contributed by atoms with Crippen molar-refractivity contribution in [2.24, 2.45) is 5.92 Å². The molecule has 9 heteroatoms. The third kappa shape index (κ3) is 4.07. The Kier molecular flexibility index (Phi) is 5.31. The number of ether oxygens (including phenoxy) is 2. The number of piperidine rings is 1. The molecule has 160 valence electrons. The number of rotatable bonds is 4. The maximum Gasteiger partial charge on any atom is 0.268 e. The summed E-state index contributed by atoms with van der Waals surface area (Å²) in [4.78, 5) is 28.1. The molecule has 0 saturated carbocycles. The molecule has 30 heavy (non-hydrogen) atoms. The van der Waals surface area contributed by atoms with Gasteiger partial charge < -0.3 is 14.4 Å². The number of likely N-dealkylation sites (tertiary alicyclic amines) is 1. The number of fused-ring (bicyclic) bond motifs is 1. The van der Waals surface area contributed by atoms with Crippen LogP contribution in [0.5, 0.6) is 11.5 Å². The Bertz CT molecular complexity index is 1150. The number of hydrogen-bond acceptors (Lipinski definition) is 6. The number of aromatic nitrogens is 1. The predicted octanol–water partition coefficient (Wildman–Crippen LogP) is 1.77. The third-order valence-corrected chi connectivity index (χ3v) is 6.57. The molecule has 1 aromatic carbocycles. The van der Waals surface area contributed by atoms with Gasteiger partial charge in [0.05, 0.1) is 11.4 Å². The Morgan fingerprint density at radius 3 is 2.73 bits per heavy atom. The van der Waals surface area contributed by atoms with Crippen molar-refractivity contribution < 1.29 is 22.7 Å². The first kappa shape index (κ1) is 20.5. The zero-order valence-corrected chi connectivity index (χ0v) is 17.8. The van der Waals surface area contributed by atoms with Crippen LogP contribution in [0.1, 0.15) is 28.8 Å². The molecule has 4 rings (SSSR count).